The third-order valence-electron chi connectivity index (χ3n) is 2.66. The van der Waals surface area contributed by atoms with Crippen LogP contribution in [0.1, 0.15) is 35.3 Å². The SMILES string of the molecule is CCCCN(CCBr)Cc1nc(C)c(C)s1. The molecule has 0 amide bonds. The second-order valence-corrected chi connectivity index (χ2v) is 6.15. The lowest BCUT2D eigenvalue weighted by molar-refractivity contribution is 0.278. The van der Waals surface area contributed by atoms with Crippen LogP contribution in [0.5, 0.6) is 0 Å². The van der Waals surface area contributed by atoms with E-state index in [0.717, 1.165) is 18.4 Å². The van der Waals surface area contributed by atoms with Crippen molar-refractivity contribution in [1.29, 1.82) is 0 Å². The Morgan fingerprint density at radius 2 is 2.06 bits per heavy atom. The number of rotatable bonds is 7. The molecule has 0 spiro atoms. The van der Waals surface area contributed by atoms with E-state index in [9.17, 15) is 0 Å². The Labute approximate surface area is 111 Å². The first-order valence-corrected chi connectivity index (χ1v) is 7.82. The molecule has 0 bridgehead atoms. The maximum absolute atomic E-state index is 4.60. The Morgan fingerprint density at radius 3 is 2.56 bits per heavy atom. The highest BCUT2D eigenvalue weighted by atomic mass is 79.9. The van der Waals surface area contributed by atoms with Gasteiger partial charge in [0.15, 0.2) is 0 Å². The van der Waals surface area contributed by atoms with Gasteiger partial charge >= 0.3 is 0 Å². The zero-order valence-corrected chi connectivity index (χ0v) is 12.8. The molecule has 0 N–H and O–H groups in total. The first-order chi connectivity index (χ1) is 7.67. The van der Waals surface area contributed by atoms with Crippen molar-refractivity contribution in [2.75, 3.05) is 18.4 Å². The molecule has 0 aliphatic carbocycles. The normalized spacial score (nSPS) is 11.3. The number of hydrogen-bond donors (Lipinski definition) is 0. The van der Waals surface area contributed by atoms with Crippen LogP contribution in [0.2, 0.25) is 0 Å². The predicted octanol–water partition coefficient (Wildman–Crippen LogP) is 3.76. The van der Waals surface area contributed by atoms with E-state index in [0.29, 0.717) is 0 Å². The maximum Gasteiger partial charge on any atom is 0.107 e. The molecule has 0 radical (unpaired) electrons. The van der Waals surface area contributed by atoms with Gasteiger partial charge < -0.3 is 0 Å². The van der Waals surface area contributed by atoms with E-state index in [1.54, 1.807) is 0 Å². The fraction of sp³-hybridized carbons (Fsp3) is 0.750. The zero-order valence-electron chi connectivity index (χ0n) is 10.4. The van der Waals surface area contributed by atoms with Crippen LogP contribution in [0.25, 0.3) is 0 Å². The van der Waals surface area contributed by atoms with Gasteiger partial charge in [-0.25, -0.2) is 4.98 Å². The van der Waals surface area contributed by atoms with Crippen molar-refractivity contribution < 1.29 is 0 Å². The molecule has 0 aliphatic rings. The fourth-order valence-electron chi connectivity index (χ4n) is 1.57. The van der Waals surface area contributed by atoms with E-state index < -0.39 is 0 Å². The van der Waals surface area contributed by atoms with E-state index in [4.69, 9.17) is 0 Å². The lowest BCUT2D eigenvalue weighted by atomic mass is 10.3. The lowest BCUT2D eigenvalue weighted by Gasteiger charge is -2.19. The molecule has 16 heavy (non-hydrogen) atoms. The summed E-state index contributed by atoms with van der Waals surface area (Å²) in [6.07, 6.45) is 2.53. The summed E-state index contributed by atoms with van der Waals surface area (Å²) in [7, 11) is 0. The van der Waals surface area contributed by atoms with Crippen molar-refractivity contribution >= 4 is 27.3 Å². The highest BCUT2D eigenvalue weighted by molar-refractivity contribution is 9.09. The van der Waals surface area contributed by atoms with Crippen molar-refractivity contribution in [3.8, 4) is 0 Å². The summed E-state index contributed by atoms with van der Waals surface area (Å²) in [6.45, 7) is 9.78. The monoisotopic (exact) mass is 304 g/mol. The number of hydrogen-bond acceptors (Lipinski definition) is 3. The molecule has 1 aromatic heterocycles. The highest BCUT2D eigenvalue weighted by Gasteiger charge is 2.09. The number of unbranched alkanes of at least 4 members (excludes halogenated alkanes) is 1. The molecule has 2 nitrogen and oxygen atoms in total. The van der Waals surface area contributed by atoms with Crippen LogP contribution in [0.3, 0.4) is 0 Å². The molecule has 1 rings (SSSR count). The van der Waals surface area contributed by atoms with Gasteiger partial charge in [0.25, 0.3) is 0 Å². The molecule has 1 aromatic rings. The van der Waals surface area contributed by atoms with Gasteiger partial charge in [-0.1, -0.05) is 29.3 Å². The van der Waals surface area contributed by atoms with Crippen LogP contribution in [0.15, 0.2) is 0 Å². The number of halogens is 1. The average Bonchev–Trinajstić information content (AvgIpc) is 2.55. The molecule has 1 heterocycles. The minimum atomic E-state index is 1.00. The van der Waals surface area contributed by atoms with Crippen LogP contribution in [0, 0.1) is 13.8 Å². The molecule has 0 aliphatic heterocycles. The highest BCUT2D eigenvalue weighted by Crippen LogP contribution is 2.18. The summed E-state index contributed by atoms with van der Waals surface area (Å²) >= 11 is 5.35. The largest absolute Gasteiger partial charge is 0.296 e. The standard InChI is InChI=1S/C12H21BrN2S/c1-4-5-7-15(8-6-13)9-12-14-10(2)11(3)16-12/h4-9H2,1-3H3. The minimum Gasteiger partial charge on any atom is -0.296 e. The Hall–Kier alpha value is 0.0700. The molecule has 4 heteroatoms. The molecular weight excluding hydrogens is 284 g/mol. The third kappa shape index (κ3) is 4.52. The quantitative estimate of drug-likeness (QED) is 0.713. The Kier molecular flexibility index (Phi) is 6.54. The van der Waals surface area contributed by atoms with Gasteiger partial charge in [0.05, 0.1) is 12.2 Å². The first-order valence-electron chi connectivity index (χ1n) is 5.88. The van der Waals surface area contributed by atoms with E-state index in [1.807, 2.05) is 11.3 Å². The van der Waals surface area contributed by atoms with E-state index in [1.165, 1.54) is 35.0 Å². The van der Waals surface area contributed by atoms with Crippen molar-refractivity contribution in [1.82, 2.24) is 9.88 Å². The van der Waals surface area contributed by atoms with Crippen molar-refractivity contribution in [2.24, 2.45) is 0 Å². The topological polar surface area (TPSA) is 16.1 Å². The number of alkyl halides is 1. The number of thiazole rings is 1. The first kappa shape index (κ1) is 14.1. The summed E-state index contributed by atoms with van der Waals surface area (Å²) in [6, 6.07) is 0. The van der Waals surface area contributed by atoms with Gasteiger partial charge in [0.2, 0.25) is 0 Å². The van der Waals surface area contributed by atoms with Gasteiger partial charge in [0, 0.05) is 16.8 Å². The van der Waals surface area contributed by atoms with E-state index >= 15 is 0 Å². The molecular formula is C12H21BrN2S. The van der Waals surface area contributed by atoms with E-state index in [-0.39, 0.29) is 0 Å². The van der Waals surface area contributed by atoms with E-state index in [2.05, 4.69) is 46.6 Å². The molecule has 0 aromatic carbocycles. The molecule has 92 valence electrons. The maximum atomic E-state index is 4.60. The van der Waals surface area contributed by atoms with Gasteiger partial charge in [-0.3, -0.25) is 4.90 Å². The second kappa shape index (κ2) is 7.41. The number of aryl methyl sites for hydroxylation is 2. The molecule has 0 saturated carbocycles. The number of nitrogens with zero attached hydrogens (tertiary/aromatic N) is 2. The number of aromatic nitrogens is 1. The van der Waals surface area contributed by atoms with Crippen LogP contribution < -0.4 is 0 Å². The van der Waals surface area contributed by atoms with Crippen molar-refractivity contribution in [2.45, 2.75) is 40.2 Å². The summed E-state index contributed by atoms with van der Waals surface area (Å²) < 4.78 is 0. The lowest BCUT2D eigenvalue weighted by Crippen LogP contribution is -2.26. The fourth-order valence-corrected chi connectivity index (χ4v) is 3.05. The second-order valence-electron chi connectivity index (χ2n) is 4.07. The summed E-state index contributed by atoms with van der Waals surface area (Å²) in [5.74, 6) is 0. The predicted molar refractivity (Wildman–Crippen MR) is 75.6 cm³/mol. The molecule has 0 fully saturated rings. The van der Waals surface area contributed by atoms with Crippen LogP contribution in [-0.2, 0) is 6.54 Å². The zero-order chi connectivity index (χ0) is 12.0. The average molecular weight is 305 g/mol. The van der Waals surface area contributed by atoms with Crippen LogP contribution in [-0.4, -0.2) is 28.3 Å². The van der Waals surface area contributed by atoms with Gasteiger partial charge in [0.1, 0.15) is 5.01 Å². The third-order valence-corrected chi connectivity index (χ3v) is 4.07. The Morgan fingerprint density at radius 1 is 1.31 bits per heavy atom. The summed E-state index contributed by atoms with van der Waals surface area (Å²) in [5.41, 5.74) is 1.19. The summed E-state index contributed by atoms with van der Waals surface area (Å²) in [5, 5.41) is 2.30. The van der Waals surface area contributed by atoms with Gasteiger partial charge in [-0.05, 0) is 26.8 Å². The Bertz CT molecular complexity index is 292. The van der Waals surface area contributed by atoms with Crippen LogP contribution >= 0.6 is 27.3 Å². The Balaban J connectivity index is 2.52. The van der Waals surface area contributed by atoms with Crippen molar-refractivity contribution in [3.05, 3.63) is 15.6 Å². The molecule has 0 atom stereocenters. The smallest absolute Gasteiger partial charge is 0.107 e. The van der Waals surface area contributed by atoms with Gasteiger partial charge in [-0.2, -0.15) is 0 Å². The molecule has 0 saturated heterocycles. The van der Waals surface area contributed by atoms with Gasteiger partial charge in [-0.15, -0.1) is 11.3 Å². The van der Waals surface area contributed by atoms with Crippen molar-refractivity contribution in [3.63, 3.8) is 0 Å². The molecule has 0 unspecified atom stereocenters. The minimum absolute atomic E-state index is 1.00. The summed E-state index contributed by atoms with van der Waals surface area (Å²) in [4.78, 5) is 8.44. The van der Waals surface area contributed by atoms with Crippen LogP contribution in [0.4, 0.5) is 0 Å².